The number of amides is 1. The molecule has 2 N–H and O–H groups in total. The molecule has 32 heavy (non-hydrogen) atoms. The van der Waals surface area contributed by atoms with Gasteiger partial charge < -0.3 is 10.4 Å². The van der Waals surface area contributed by atoms with Crippen LogP contribution in [0.25, 0.3) is 21.3 Å². The average molecular weight is 458 g/mol. The second-order valence-electron chi connectivity index (χ2n) is 8.07. The van der Waals surface area contributed by atoms with Crippen molar-refractivity contribution in [2.75, 3.05) is 5.32 Å². The molecule has 2 bridgehead atoms. The normalized spacial score (nSPS) is 24.2. The molecule has 164 valence electrons. The number of carbonyl (C=O) groups is 2. The van der Waals surface area contributed by atoms with Crippen LogP contribution in [0.4, 0.5) is 18.3 Å². The van der Waals surface area contributed by atoms with Gasteiger partial charge in [-0.2, -0.15) is 13.2 Å². The zero-order chi connectivity index (χ0) is 22.6. The average Bonchev–Trinajstić information content (AvgIpc) is 3.46. The number of hydrogen-bond acceptors (Lipinski definition) is 4. The fourth-order valence-electron chi connectivity index (χ4n) is 4.83. The van der Waals surface area contributed by atoms with Crippen LogP contribution in [-0.4, -0.2) is 22.0 Å². The first-order chi connectivity index (χ1) is 15.2. The Morgan fingerprint density at radius 1 is 1.06 bits per heavy atom. The highest BCUT2D eigenvalue weighted by atomic mass is 32.1. The third kappa shape index (κ3) is 3.46. The van der Waals surface area contributed by atoms with Gasteiger partial charge in [0.1, 0.15) is 0 Å². The van der Waals surface area contributed by atoms with Crippen molar-refractivity contribution in [2.45, 2.75) is 12.6 Å². The van der Waals surface area contributed by atoms with E-state index in [1.807, 2.05) is 12.2 Å². The number of aromatic nitrogens is 1. The van der Waals surface area contributed by atoms with E-state index in [1.54, 1.807) is 24.3 Å². The number of carboxylic acid groups (broad SMARTS) is 1. The van der Waals surface area contributed by atoms with Gasteiger partial charge in [-0.1, -0.05) is 47.8 Å². The summed E-state index contributed by atoms with van der Waals surface area (Å²) in [7, 11) is 0. The SMILES string of the molecule is O=C(O)C1C2C=CC(C2)C1C(=O)Nc1nc2ccc(-c3ccccc3C(F)(F)F)cc2s1. The van der Waals surface area contributed by atoms with Gasteiger partial charge in [-0.25, -0.2) is 4.98 Å². The van der Waals surface area contributed by atoms with Crippen molar-refractivity contribution in [3.63, 3.8) is 0 Å². The number of allylic oxidation sites excluding steroid dienone is 2. The molecule has 2 aromatic carbocycles. The standard InChI is InChI=1S/C23H17F3N2O3S/c24-23(25,26)15-4-2-1-3-14(15)11-7-8-16-17(10-11)32-22(27-16)28-20(29)18-12-5-6-13(9-12)19(18)21(30)31/h1-8,10,12-13,18-19H,9H2,(H,30,31)(H,27,28,29). The summed E-state index contributed by atoms with van der Waals surface area (Å²) in [5.41, 5.74) is 0.290. The molecule has 1 amide bonds. The summed E-state index contributed by atoms with van der Waals surface area (Å²) < 4.78 is 40.8. The Kier molecular flexibility index (Phi) is 4.81. The number of benzene rings is 2. The molecule has 1 aromatic heterocycles. The Hall–Kier alpha value is -3.20. The largest absolute Gasteiger partial charge is 0.481 e. The molecule has 1 fully saturated rings. The fraction of sp³-hybridized carbons (Fsp3) is 0.261. The van der Waals surface area contributed by atoms with E-state index in [4.69, 9.17) is 0 Å². The summed E-state index contributed by atoms with van der Waals surface area (Å²) in [5, 5.41) is 12.6. The lowest BCUT2D eigenvalue weighted by molar-refractivity contribution is -0.146. The van der Waals surface area contributed by atoms with Gasteiger partial charge in [0.05, 0.1) is 27.6 Å². The predicted molar refractivity (Wildman–Crippen MR) is 114 cm³/mol. The summed E-state index contributed by atoms with van der Waals surface area (Å²) in [5.74, 6) is -3.05. The van der Waals surface area contributed by atoms with Crippen LogP contribution in [-0.2, 0) is 15.8 Å². The highest BCUT2D eigenvalue weighted by Crippen LogP contribution is 2.48. The number of alkyl halides is 3. The number of fused-ring (bicyclic) bond motifs is 3. The minimum atomic E-state index is -4.48. The van der Waals surface area contributed by atoms with E-state index >= 15 is 0 Å². The van der Waals surface area contributed by atoms with E-state index in [9.17, 15) is 27.9 Å². The summed E-state index contributed by atoms with van der Waals surface area (Å²) in [6.07, 6.45) is -0.0621. The number of hydrogen-bond donors (Lipinski definition) is 2. The molecule has 0 radical (unpaired) electrons. The molecule has 9 heteroatoms. The molecule has 0 saturated heterocycles. The van der Waals surface area contributed by atoms with Crippen molar-refractivity contribution >= 4 is 38.6 Å². The smallest absolute Gasteiger partial charge is 0.417 e. The van der Waals surface area contributed by atoms with Gasteiger partial charge in [-0.05, 0) is 47.6 Å². The lowest BCUT2D eigenvalue weighted by atomic mass is 9.82. The van der Waals surface area contributed by atoms with Crippen LogP contribution in [0.5, 0.6) is 0 Å². The zero-order valence-electron chi connectivity index (χ0n) is 16.5. The molecule has 0 spiro atoms. The predicted octanol–water partition coefficient (Wildman–Crippen LogP) is 5.44. The Bertz CT molecular complexity index is 1270. The number of thiazole rings is 1. The summed E-state index contributed by atoms with van der Waals surface area (Å²) in [6.45, 7) is 0. The molecule has 5 rings (SSSR count). The third-order valence-corrected chi connectivity index (χ3v) is 7.14. The number of aliphatic carboxylic acids is 1. The molecule has 1 saturated carbocycles. The lowest BCUT2D eigenvalue weighted by Gasteiger charge is -2.23. The number of nitrogens with one attached hydrogen (secondary N) is 1. The van der Waals surface area contributed by atoms with E-state index in [1.165, 1.54) is 12.1 Å². The molecular formula is C23H17F3N2O3S. The summed E-state index contributed by atoms with van der Waals surface area (Å²) in [4.78, 5) is 28.9. The maximum Gasteiger partial charge on any atom is 0.417 e. The molecular weight excluding hydrogens is 441 g/mol. The minimum absolute atomic E-state index is 0.0685. The van der Waals surface area contributed by atoms with Crippen molar-refractivity contribution in [1.29, 1.82) is 0 Å². The molecule has 4 atom stereocenters. The molecule has 4 unspecified atom stereocenters. The maximum atomic E-state index is 13.4. The second-order valence-corrected chi connectivity index (χ2v) is 9.10. The monoisotopic (exact) mass is 458 g/mol. The van der Waals surface area contributed by atoms with Crippen molar-refractivity contribution in [3.05, 3.63) is 60.2 Å². The van der Waals surface area contributed by atoms with Gasteiger partial charge in [0.2, 0.25) is 5.91 Å². The van der Waals surface area contributed by atoms with Crippen LogP contribution in [0.2, 0.25) is 0 Å². The molecule has 0 aliphatic heterocycles. The van der Waals surface area contributed by atoms with Gasteiger partial charge in [0.15, 0.2) is 5.13 Å². The van der Waals surface area contributed by atoms with Crippen LogP contribution in [0, 0.1) is 23.7 Å². The fourth-order valence-corrected chi connectivity index (χ4v) is 5.74. The Labute approximate surface area is 184 Å². The first kappa shape index (κ1) is 20.7. The molecule has 2 aliphatic carbocycles. The van der Waals surface area contributed by atoms with Crippen LogP contribution >= 0.6 is 11.3 Å². The van der Waals surface area contributed by atoms with Gasteiger partial charge in [-0.15, -0.1) is 0 Å². The zero-order valence-corrected chi connectivity index (χ0v) is 17.3. The first-order valence-electron chi connectivity index (χ1n) is 10.0. The number of carbonyl (C=O) groups excluding carboxylic acids is 1. The highest BCUT2D eigenvalue weighted by molar-refractivity contribution is 7.22. The van der Waals surface area contributed by atoms with Crippen molar-refractivity contribution < 1.29 is 27.9 Å². The molecule has 1 heterocycles. The van der Waals surface area contributed by atoms with Gasteiger partial charge in [0, 0.05) is 0 Å². The quantitative estimate of drug-likeness (QED) is 0.510. The number of nitrogens with zero attached hydrogens (tertiary/aromatic N) is 1. The van der Waals surface area contributed by atoms with E-state index in [0.717, 1.165) is 17.4 Å². The Morgan fingerprint density at radius 2 is 1.78 bits per heavy atom. The first-order valence-corrected chi connectivity index (χ1v) is 10.8. The van der Waals surface area contributed by atoms with E-state index in [0.29, 0.717) is 27.3 Å². The number of halogens is 3. The van der Waals surface area contributed by atoms with Crippen molar-refractivity contribution in [2.24, 2.45) is 23.7 Å². The maximum absolute atomic E-state index is 13.4. The van der Waals surface area contributed by atoms with Crippen LogP contribution in [0.15, 0.2) is 54.6 Å². The summed E-state index contributed by atoms with van der Waals surface area (Å²) >= 11 is 1.15. The summed E-state index contributed by atoms with van der Waals surface area (Å²) in [6, 6.07) is 10.2. The molecule has 5 nitrogen and oxygen atoms in total. The van der Waals surface area contributed by atoms with Crippen molar-refractivity contribution in [1.82, 2.24) is 4.98 Å². The van der Waals surface area contributed by atoms with Crippen LogP contribution in [0.3, 0.4) is 0 Å². The number of anilines is 1. The van der Waals surface area contributed by atoms with Gasteiger partial charge >= 0.3 is 12.1 Å². The van der Waals surface area contributed by atoms with Gasteiger partial charge in [-0.3, -0.25) is 9.59 Å². The topological polar surface area (TPSA) is 79.3 Å². The molecule has 3 aromatic rings. The Balaban J connectivity index is 1.43. The number of carboxylic acids is 1. The third-order valence-electron chi connectivity index (χ3n) is 6.21. The second kappa shape index (κ2) is 7.44. The lowest BCUT2D eigenvalue weighted by Crippen LogP contribution is -2.36. The van der Waals surface area contributed by atoms with Gasteiger partial charge in [0.25, 0.3) is 0 Å². The molecule has 2 aliphatic rings. The van der Waals surface area contributed by atoms with E-state index in [2.05, 4.69) is 10.3 Å². The minimum Gasteiger partial charge on any atom is -0.481 e. The van der Waals surface area contributed by atoms with E-state index in [-0.39, 0.29) is 17.4 Å². The van der Waals surface area contributed by atoms with E-state index < -0.39 is 35.5 Å². The van der Waals surface area contributed by atoms with Crippen LogP contribution in [0.1, 0.15) is 12.0 Å². The van der Waals surface area contributed by atoms with Crippen LogP contribution < -0.4 is 5.32 Å². The Morgan fingerprint density at radius 3 is 2.50 bits per heavy atom. The van der Waals surface area contributed by atoms with Crippen molar-refractivity contribution in [3.8, 4) is 11.1 Å². The number of rotatable bonds is 4. The highest BCUT2D eigenvalue weighted by Gasteiger charge is 2.51.